The lowest BCUT2D eigenvalue weighted by atomic mass is 10.1. The van der Waals surface area contributed by atoms with Crippen LogP contribution in [-0.2, 0) is 4.74 Å². The predicted molar refractivity (Wildman–Crippen MR) is 78.3 cm³/mol. The quantitative estimate of drug-likeness (QED) is 0.853. The van der Waals surface area contributed by atoms with Crippen LogP contribution in [0.1, 0.15) is 6.92 Å². The molecule has 19 heavy (non-hydrogen) atoms. The Hall–Kier alpha value is -0.690. The molecule has 1 saturated heterocycles. The third kappa shape index (κ3) is 5.06. The van der Waals surface area contributed by atoms with Crippen LogP contribution in [0.25, 0.3) is 0 Å². The second-order valence-electron chi connectivity index (χ2n) is 5.13. The largest absolute Gasteiger partial charge is 0.387 e. The molecule has 0 saturated carbocycles. The number of hydrogen-bond donors (Lipinski definition) is 2. The van der Waals surface area contributed by atoms with Gasteiger partial charge in [-0.1, -0.05) is 0 Å². The van der Waals surface area contributed by atoms with Crippen LogP contribution in [0.4, 0.5) is 5.69 Å². The van der Waals surface area contributed by atoms with Gasteiger partial charge < -0.3 is 15.2 Å². The summed E-state index contributed by atoms with van der Waals surface area (Å²) < 4.78 is 6.23. The molecule has 2 N–H and O–H groups in total. The second-order valence-corrected chi connectivity index (χ2v) is 6.05. The summed E-state index contributed by atoms with van der Waals surface area (Å²) in [5.74, 6) is 0. The molecule has 1 aromatic rings. The lowest BCUT2D eigenvalue weighted by molar-refractivity contribution is -0.0163. The zero-order valence-corrected chi connectivity index (χ0v) is 12.7. The fourth-order valence-corrected chi connectivity index (χ4v) is 2.46. The topological polar surface area (TPSA) is 57.6 Å². The summed E-state index contributed by atoms with van der Waals surface area (Å²) in [6, 6.07) is 1.94. The molecule has 0 radical (unpaired) electrons. The van der Waals surface area contributed by atoms with Gasteiger partial charge in [0.15, 0.2) is 0 Å². The normalized spacial score (nSPS) is 19.9. The summed E-state index contributed by atoms with van der Waals surface area (Å²) in [5, 5.41) is 13.6. The Bertz CT molecular complexity index is 409. The molecular formula is C13H20BrN3O2. The number of aromatic nitrogens is 1. The van der Waals surface area contributed by atoms with E-state index in [9.17, 15) is 5.11 Å². The summed E-state index contributed by atoms with van der Waals surface area (Å²) >= 11 is 3.38. The van der Waals surface area contributed by atoms with E-state index >= 15 is 0 Å². The molecule has 0 aliphatic carbocycles. The summed E-state index contributed by atoms with van der Waals surface area (Å²) in [5.41, 5.74) is 0.122. The Morgan fingerprint density at radius 2 is 2.21 bits per heavy atom. The van der Waals surface area contributed by atoms with Gasteiger partial charge in [-0.3, -0.25) is 9.88 Å². The van der Waals surface area contributed by atoms with E-state index in [0.29, 0.717) is 13.1 Å². The van der Waals surface area contributed by atoms with Crippen molar-refractivity contribution in [2.24, 2.45) is 0 Å². The molecule has 2 heterocycles. The zero-order valence-electron chi connectivity index (χ0n) is 11.1. The number of hydrogen-bond acceptors (Lipinski definition) is 5. The van der Waals surface area contributed by atoms with Gasteiger partial charge in [0.25, 0.3) is 0 Å². The van der Waals surface area contributed by atoms with Crippen molar-refractivity contribution in [2.75, 3.05) is 44.7 Å². The minimum absolute atomic E-state index is 0.489. The van der Waals surface area contributed by atoms with Crippen molar-refractivity contribution in [2.45, 2.75) is 12.5 Å². The van der Waals surface area contributed by atoms with Gasteiger partial charge in [0.05, 0.1) is 30.7 Å². The lowest BCUT2D eigenvalue weighted by Crippen LogP contribution is -2.49. The van der Waals surface area contributed by atoms with E-state index in [1.165, 1.54) is 0 Å². The highest BCUT2D eigenvalue weighted by Crippen LogP contribution is 2.15. The van der Waals surface area contributed by atoms with Gasteiger partial charge in [-0.25, -0.2) is 0 Å². The molecule has 1 aromatic heterocycles. The van der Waals surface area contributed by atoms with Gasteiger partial charge in [0.2, 0.25) is 0 Å². The number of halogens is 1. The standard InChI is InChI=1S/C13H20BrN3O2/c1-13(18,10-17-2-4-19-5-3-17)9-16-12-6-11(14)7-15-8-12/h6-8,16,18H,2-5,9-10H2,1H3/t13-/m1/s1. The number of rotatable bonds is 5. The van der Waals surface area contributed by atoms with Gasteiger partial charge in [-0.15, -0.1) is 0 Å². The molecule has 106 valence electrons. The summed E-state index contributed by atoms with van der Waals surface area (Å²) in [6.07, 6.45) is 3.48. The fourth-order valence-electron chi connectivity index (χ4n) is 2.10. The minimum atomic E-state index is -0.778. The highest BCUT2D eigenvalue weighted by Gasteiger charge is 2.25. The average molecular weight is 330 g/mol. The molecule has 0 bridgehead atoms. The van der Waals surface area contributed by atoms with E-state index < -0.39 is 5.60 Å². The van der Waals surface area contributed by atoms with Crippen LogP contribution in [0.5, 0.6) is 0 Å². The smallest absolute Gasteiger partial charge is 0.0917 e. The highest BCUT2D eigenvalue weighted by atomic mass is 79.9. The molecule has 1 aliphatic heterocycles. The van der Waals surface area contributed by atoms with Gasteiger partial charge in [-0.05, 0) is 28.9 Å². The van der Waals surface area contributed by atoms with Crippen LogP contribution < -0.4 is 5.32 Å². The number of β-amino-alcohol motifs (C(OH)–C–C–N with tert-alkyl or cyclic N) is 1. The first-order valence-electron chi connectivity index (χ1n) is 6.42. The third-order valence-electron chi connectivity index (χ3n) is 3.05. The van der Waals surface area contributed by atoms with Crippen LogP contribution in [0.2, 0.25) is 0 Å². The SMILES string of the molecule is C[C@@](O)(CNc1cncc(Br)c1)CN1CCOCC1. The number of pyridine rings is 1. The molecule has 1 atom stereocenters. The molecule has 0 aromatic carbocycles. The summed E-state index contributed by atoms with van der Waals surface area (Å²) in [7, 11) is 0. The van der Waals surface area contributed by atoms with Crippen LogP contribution in [0.3, 0.4) is 0 Å². The number of ether oxygens (including phenoxy) is 1. The maximum atomic E-state index is 10.4. The van der Waals surface area contributed by atoms with Crippen LogP contribution in [0, 0.1) is 0 Å². The maximum Gasteiger partial charge on any atom is 0.0917 e. The Labute approximate surface area is 122 Å². The summed E-state index contributed by atoms with van der Waals surface area (Å²) in [6.45, 7) is 6.25. The first-order chi connectivity index (χ1) is 9.05. The van der Waals surface area contributed by atoms with Crippen molar-refractivity contribution in [1.29, 1.82) is 0 Å². The Balaban J connectivity index is 1.82. The van der Waals surface area contributed by atoms with E-state index in [2.05, 4.69) is 31.1 Å². The van der Waals surface area contributed by atoms with E-state index in [1.807, 2.05) is 13.0 Å². The number of morpholine rings is 1. The molecule has 0 spiro atoms. The Morgan fingerprint density at radius 3 is 2.89 bits per heavy atom. The Morgan fingerprint density at radius 1 is 1.47 bits per heavy atom. The van der Waals surface area contributed by atoms with Crippen molar-refractivity contribution in [1.82, 2.24) is 9.88 Å². The number of anilines is 1. The molecule has 1 aliphatic rings. The highest BCUT2D eigenvalue weighted by molar-refractivity contribution is 9.10. The minimum Gasteiger partial charge on any atom is -0.387 e. The first-order valence-corrected chi connectivity index (χ1v) is 7.21. The Kier molecular flexibility index (Phi) is 5.15. The molecule has 0 unspecified atom stereocenters. The molecule has 6 heteroatoms. The van der Waals surface area contributed by atoms with Gasteiger partial charge in [0, 0.05) is 36.8 Å². The molecule has 5 nitrogen and oxygen atoms in total. The molecule has 0 amide bonds. The first kappa shape index (κ1) is 14.7. The zero-order chi connectivity index (χ0) is 13.7. The number of nitrogens with zero attached hydrogens (tertiary/aromatic N) is 2. The van der Waals surface area contributed by atoms with Crippen molar-refractivity contribution < 1.29 is 9.84 Å². The average Bonchev–Trinajstić information content (AvgIpc) is 2.37. The van der Waals surface area contributed by atoms with Crippen molar-refractivity contribution in [3.05, 3.63) is 22.9 Å². The molecular weight excluding hydrogens is 310 g/mol. The monoisotopic (exact) mass is 329 g/mol. The van der Waals surface area contributed by atoms with Crippen LogP contribution in [0.15, 0.2) is 22.9 Å². The van der Waals surface area contributed by atoms with Gasteiger partial charge in [0.1, 0.15) is 0 Å². The van der Waals surface area contributed by atoms with E-state index in [1.54, 1.807) is 12.4 Å². The molecule has 1 fully saturated rings. The van der Waals surface area contributed by atoms with Crippen LogP contribution >= 0.6 is 15.9 Å². The van der Waals surface area contributed by atoms with Gasteiger partial charge in [-0.2, -0.15) is 0 Å². The van der Waals surface area contributed by atoms with Crippen molar-refractivity contribution >= 4 is 21.6 Å². The predicted octanol–water partition coefficient (Wildman–Crippen LogP) is 1.34. The van der Waals surface area contributed by atoms with Crippen molar-refractivity contribution in [3.8, 4) is 0 Å². The maximum absolute atomic E-state index is 10.4. The fraction of sp³-hybridized carbons (Fsp3) is 0.615. The summed E-state index contributed by atoms with van der Waals surface area (Å²) in [4.78, 5) is 6.31. The van der Waals surface area contributed by atoms with E-state index in [-0.39, 0.29) is 0 Å². The van der Waals surface area contributed by atoms with E-state index in [0.717, 1.165) is 36.5 Å². The number of nitrogens with one attached hydrogen (secondary N) is 1. The van der Waals surface area contributed by atoms with Gasteiger partial charge >= 0.3 is 0 Å². The number of aliphatic hydroxyl groups is 1. The van der Waals surface area contributed by atoms with Crippen molar-refractivity contribution in [3.63, 3.8) is 0 Å². The van der Waals surface area contributed by atoms with Crippen LogP contribution in [-0.4, -0.2) is 60.0 Å². The lowest BCUT2D eigenvalue weighted by Gasteiger charge is -2.34. The molecule has 2 rings (SSSR count). The van der Waals surface area contributed by atoms with E-state index in [4.69, 9.17) is 4.74 Å². The second kappa shape index (κ2) is 6.65. The third-order valence-corrected chi connectivity index (χ3v) is 3.48.